The number of carbonyl (C=O) groups excluding carboxylic acids is 1. The van der Waals surface area contributed by atoms with E-state index >= 15 is 0 Å². The van der Waals surface area contributed by atoms with E-state index in [0.29, 0.717) is 33.7 Å². The molecule has 0 unspecified atom stereocenters. The van der Waals surface area contributed by atoms with Crippen LogP contribution in [0.1, 0.15) is 26.3 Å². The number of rotatable bonds is 5. The van der Waals surface area contributed by atoms with E-state index < -0.39 is 16.6 Å². The van der Waals surface area contributed by atoms with Crippen LogP contribution in [0.25, 0.3) is 33.6 Å². The highest BCUT2D eigenvalue weighted by Gasteiger charge is 2.37. The lowest BCUT2D eigenvalue weighted by Gasteiger charge is -2.21. The van der Waals surface area contributed by atoms with Crippen molar-refractivity contribution in [3.8, 4) is 45.5 Å². The minimum atomic E-state index is -0.851. The Hall–Kier alpha value is -4.90. The van der Waals surface area contributed by atoms with Gasteiger partial charge in [0.1, 0.15) is 17.0 Å². The standard InChI is InChI=1S/C29H25N3O5/c1-29(2,3)37-28(33)31-25(22-14-16-23(36-4)17-15-22)24(20-12-10-19(18-30)11-13-20)27(32(34)35)26(31)21-8-6-5-7-9-21/h5-17H,1-4H3. The fraction of sp³-hybridized carbons (Fsp3) is 0.172. The molecule has 0 aliphatic rings. The molecule has 0 bridgehead atoms. The van der Waals surface area contributed by atoms with E-state index in [-0.39, 0.29) is 16.9 Å². The molecule has 0 radical (unpaired) electrons. The summed E-state index contributed by atoms with van der Waals surface area (Å²) in [6.45, 7) is 5.21. The molecule has 37 heavy (non-hydrogen) atoms. The zero-order chi connectivity index (χ0) is 26.7. The fourth-order valence-corrected chi connectivity index (χ4v) is 4.10. The van der Waals surface area contributed by atoms with E-state index in [1.165, 1.54) is 4.57 Å². The smallest absolute Gasteiger partial charge is 0.419 e. The van der Waals surface area contributed by atoms with Crippen molar-refractivity contribution in [2.24, 2.45) is 0 Å². The Morgan fingerprint density at radius 2 is 1.46 bits per heavy atom. The molecule has 1 aromatic heterocycles. The van der Waals surface area contributed by atoms with Crippen molar-refractivity contribution >= 4 is 11.8 Å². The van der Waals surface area contributed by atoms with Crippen LogP contribution < -0.4 is 4.74 Å². The summed E-state index contributed by atoms with van der Waals surface area (Å²) in [6.07, 6.45) is -0.750. The van der Waals surface area contributed by atoms with Gasteiger partial charge in [0.05, 0.1) is 34.9 Å². The highest BCUT2D eigenvalue weighted by atomic mass is 16.6. The van der Waals surface area contributed by atoms with Crippen LogP contribution in [-0.2, 0) is 4.74 Å². The van der Waals surface area contributed by atoms with Crippen LogP contribution in [0.15, 0.2) is 78.9 Å². The largest absolute Gasteiger partial charge is 0.497 e. The highest BCUT2D eigenvalue weighted by molar-refractivity contribution is 6.02. The summed E-state index contributed by atoms with van der Waals surface area (Å²) in [4.78, 5) is 25.9. The average molecular weight is 496 g/mol. The van der Waals surface area contributed by atoms with Crippen molar-refractivity contribution in [1.29, 1.82) is 5.26 Å². The molecule has 0 spiro atoms. The van der Waals surface area contributed by atoms with Crippen molar-refractivity contribution in [2.45, 2.75) is 26.4 Å². The number of hydrogen-bond acceptors (Lipinski definition) is 6. The van der Waals surface area contributed by atoms with Gasteiger partial charge in [0.25, 0.3) is 0 Å². The van der Waals surface area contributed by atoms with Crippen LogP contribution in [-0.4, -0.2) is 28.3 Å². The number of benzene rings is 3. The van der Waals surface area contributed by atoms with E-state index in [0.717, 1.165) is 0 Å². The zero-order valence-corrected chi connectivity index (χ0v) is 20.9. The van der Waals surface area contributed by atoms with Gasteiger partial charge in [0.2, 0.25) is 0 Å². The summed E-state index contributed by atoms with van der Waals surface area (Å²) in [5, 5.41) is 22.0. The summed E-state index contributed by atoms with van der Waals surface area (Å²) >= 11 is 0. The normalized spacial score (nSPS) is 11.0. The third kappa shape index (κ3) is 5.07. The maximum absolute atomic E-state index is 13.7. The SMILES string of the molecule is COc1ccc(-c2c(-c3ccc(C#N)cc3)c([N+](=O)[O-])c(-c3ccccc3)n2C(=O)OC(C)(C)C)cc1. The van der Waals surface area contributed by atoms with Crippen molar-refractivity contribution in [2.75, 3.05) is 7.11 Å². The summed E-state index contributed by atoms with van der Waals surface area (Å²) < 4.78 is 12.3. The number of carbonyl (C=O) groups is 1. The number of hydrogen-bond donors (Lipinski definition) is 0. The van der Waals surface area contributed by atoms with Crippen molar-refractivity contribution < 1.29 is 19.2 Å². The first kappa shape index (κ1) is 25.2. The van der Waals surface area contributed by atoms with Crippen LogP contribution in [0.5, 0.6) is 5.75 Å². The molecule has 0 aliphatic heterocycles. The van der Waals surface area contributed by atoms with Gasteiger partial charge in [-0.05, 0) is 68.3 Å². The number of nitro groups is 1. The van der Waals surface area contributed by atoms with Crippen LogP contribution in [0.2, 0.25) is 0 Å². The predicted molar refractivity (Wildman–Crippen MR) is 140 cm³/mol. The van der Waals surface area contributed by atoms with E-state index in [1.54, 1.807) is 107 Å². The first-order chi connectivity index (χ1) is 17.6. The molecule has 0 saturated carbocycles. The maximum atomic E-state index is 13.7. The Labute approximate surface area is 214 Å². The molecule has 0 amide bonds. The first-order valence-corrected chi connectivity index (χ1v) is 11.5. The Morgan fingerprint density at radius 3 is 1.97 bits per heavy atom. The number of nitrogens with zero attached hydrogens (tertiary/aromatic N) is 3. The second-order valence-corrected chi connectivity index (χ2v) is 9.28. The Balaban J connectivity index is 2.18. The minimum absolute atomic E-state index is 0.102. The quantitative estimate of drug-likeness (QED) is 0.217. The van der Waals surface area contributed by atoms with E-state index in [2.05, 4.69) is 6.07 Å². The van der Waals surface area contributed by atoms with Gasteiger partial charge < -0.3 is 9.47 Å². The van der Waals surface area contributed by atoms with Gasteiger partial charge in [-0.15, -0.1) is 0 Å². The second-order valence-electron chi connectivity index (χ2n) is 9.28. The molecule has 3 aromatic carbocycles. The third-order valence-electron chi connectivity index (χ3n) is 5.62. The lowest BCUT2D eigenvalue weighted by molar-refractivity contribution is -0.383. The first-order valence-electron chi connectivity index (χ1n) is 11.5. The highest BCUT2D eigenvalue weighted by Crippen LogP contribution is 2.48. The van der Waals surface area contributed by atoms with Gasteiger partial charge in [-0.2, -0.15) is 5.26 Å². The van der Waals surface area contributed by atoms with Gasteiger partial charge in [-0.25, -0.2) is 9.36 Å². The Bertz CT molecular complexity index is 1490. The lowest BCUT2D eigenvalue weighted by atomic mass is 9.98. The van der Waals surface area contributed by atoms with E-state index in [9.17, 15) is 20.2 Å². The topological polar surface area (TPSA) is 107 Å². The number of aromatic nitrogens is 1. The molecule has 0 atom stereocenters. The predicted octanol–water partition coefficient (Wildman–Crippen LogP) is 7.06. The van der Waals surface area contributed by atoms with Crippen LogP contribution in [0.4, 0.5) is 10.5 Å². The molecular formula is C29H25N3O5. The molecule has 8 heteroatoms. The fourth-order valence-electron chi connectivity index (χ4n) is 4.10. The summed E-state index contributed by atoms with van der Waals surface area (Å²) in [6, 6.07) is 24.1. The monoisotopic (exact) mass is 495 g/mol. The molecule has 0 N–H and O–H groups in total. The van der Waals surface area contributed by atoms with Crippen molar-refractivity contribution in [3.63, 3.8) is 0 Å². The molecule has 4 rings (SSSR count). The average Bonchev–Trinajstić information content (AvgIpc) is 3.25. The number of nitriles is 1. The summed E-state index contributed by atoms with van der Waals surface area (Å²) in [7, 11) is 1.54. The molecule has 4 aromatic rings. The van der Waals surface area contributed by atoms with Gasteiger partial charge in [-0.1, -0.05) is 42.5 Å². The third-order valence-corrected chi connectivity index (χ3v) is 5.62. The molecule has 8 nitrogen and oxygen atoms in total. The molecule has 0 saturated heterocycles. The number of ether oxygens (including phenoxy) is 2. The van der Waals surface area contributed by atoms with Crippen LogP contribution in [0, 0.1) is 21.4 Å². The van der Waals surface area contributed by atoms with Gasteiger partial charge in [0, 0.05) is 5.56 Å². The van der Waals surface area contributed by atoms with Crippen molar-refractivity contribution in [1.82, 2.24) is 4.57 Å². The summed E-state index contributed by atoms with van der Waals surface area (Å²) in [5.74, 6) is 0.594. The Morgan fingerprint density at radius 1 is 0.892 bits per heavy atom. The molecule has 0 aliphatic carbocycles. The number of methoxy groups -OCH3 is 1. The van der Waals surface area contributed by atoms with Crippen LogP contribution >= 0.6 is 0 Å². The maximum Gasteiger partial charge on any atom is 0.419 e. The van der Waals surface area contributed by atoms with Gasteiger partial charge in [-0.3, -0.25) is 10.1 Å². The second kappa shape index (κ2) is 9.99. The molecular weight excluding hydrogens is 470 g/mol. The lowest BCUT2D eigenvalue weighted by Crippen LogP contribution is -2.28. The van der Waals surface area contributed by atoms with Gasteiger partial charge >= 0.3 is 11.8 Å². The molecule has 186 valence electrons. The minimum Gasteiger partial charge on any atom is -0.497 e. The summed E-state index contributed by atoms with van der Waals surface area (Å²) in [5.41, 5.74) is 1.47. The Kier molecular flexibility index (Phi) is 6.81. The van der Waals surface area contributed by atoms with E-state index in [4.69, 9.17) is 9.47 Å². The van der Waals surface area contributed by atoms with Gasteiger partial charge in [0.15, 0.2) is 0 Å². The van der Waals surface area contributed by atoms with Crippen LogP contribution in [0.3, 0.4) is 0 Å². The molecule has 1 heterocycles. The van der Waals surface area contributed by atoms with E-state index in [1.807, 2.05) is 0 Å². The van der Waals surface area contributed by atoms with Crippen molar-refractivity contribution in [3.05, 3.63) is 94.5 Å². The molecule has 0 fully saturated rings. The zero-order valence-electron chi connectivity index (χ0n) is 20.9.